The molecule has 0 aromatic heterocycles. The molecule has 0 atom stereocenters. The number of nitrogens with zero attached hydrogens (tertiary/aromatic N) is 2. The lowest BCUT2D eigenvalue weighted by Crippen LogP contribution is -2.38. The first kappa shape index (κ1) is 20.9. The molecule has 3 rings (SSSR count). The van der Waals surface area contributed by atoms with E-state index in [1.807, 2.05) is 24.3 Å². The number of sulfonamides is 1. The first-order valence-corrected chi connectivity index (χ1v) is 10.6. The topological polar surface area (TPSA) is 86.8 Å². The van der Waals surface area contributed by atoms with Gasteiger partial charge in [-0.1, -0.05) is 12.1 Å². The van der Waals surface area contributed by atoms with Gasteiger partial charge < -0.3 is 10.2 Å². The maximum absolute atomic E-state index is 13.0. The summed E-state index contributed by atoms with van der Waals surface area (Å²) < 4.78 is 38.8. The standard InChI is InChI=1S/C20H22FN3O4S/c1-23(29(27,28)18-10-6-16(21)7-11-18)14-19(25)22-13-15-4-8-17(9-5-15)24-12-2-3-20(24)26/h4-11H,2-3,12-14H2,1H3,(H,22,25). The minimum absolute atomic E-state index is 0.0822. The molecule has 0 radical (unpaired) electrons. The molecular formula is C20H22FN3O4S. The van der Waals surface area contributed by atoms with Crippen LogP contribution in [0.2, 0.25) is 0 Å². The van der Waals surface area contributed by atoms with Crippen LogP contribution in [0.25, 0.3) is 0 Å². The lowest BCUT2D eigenvalue weighted by Gasteiger charge is -2.17. The fourth-order valence-corrected chi connectivity index (χ4v) is 4.17. The van der Waals surface area contributed by atoms with Gasteiger partial charge in [-0.3, -0.25) is 9.59 Å². The maximum Gasteiger partial charge on any atom is 0.243 e. The van der Waals surface area contributed by atoms with E-state index in [9.17, 15) is 22.4 Å². The van der Waals surface area contributed by atoms with Crippen LogP contribution in [0.15, 0.2) is 53.4 Å². The van der Waals surface area contributed by atoms with Crippen molar-refractivity contribution in [1.29, 1.82) is 0 Å². The van der Waals surface area contributed by atoms with Crippen molar-refractivity contribution in [2.75, 3.05) is 25.0 Å². The largest absolute Gasteiger partial charge is 0.351 e. The van der Waals surface area contributed by atoms with Gasteiger partial charge >= 0.3 is 0 Å². The number of hydrogen-bond acceptors (Lipinski definition) is 4. The van der Waals surface area contributed by atoms with E-state index in [-0.39, 0.29) is 23.9 Å². The third kappa shape index (κ3) is 4.99. The first-order chi connectivity index (χ1) is 13.8. The van der Waals surface area contributed by atoms with Gasteiger partial charge in [0.15, 0.2) is 0 Å². The lowest BCUT2D eigenvalue weighted by atomic mass is 10.2. The molecule has 0 unspecified atom stereocenters. The Bertz CT molecular complexity index is 991. The number of anilines is 1. The third-order valence-corrected chi connectivity index (χ3v) is 6.52. The van der Waals surface area contributed by atoms with Crippen LogP contribution in [0, 0.1) is 5.82 Å². The zero-order valence-electron chi connectivity index (χ0n) is 16.0. The lowest BCUT2D eigenvalue weighted by molar-refractivity contribution is -0.121. The summed E-state index contributed by atoms with van der Waals surface area (Å²) in [4.78, 5) is 25.6. The quantitative estimate of drug-likeness (QED) is 0.743. The number of nitrogens with one attached hydrogen (secondary N) is 1. The third-order valence-electron chi connectivity index (χ3n) is 4.70. The number of hydrogen-bond donors (Lipinski definition) is 1. The molecular weight excluding hydrogens is 397 g/mol. The average molecular weight is 419 g/mol. The molecule has 7 nitrogen and oxygen atoms in total. The zero-order chi connectivity index (χ0) is 21.0. The highest BCUT2D eigenvalue weighted by molar-refractivity contribution is 7.89. The maximum atomic E-state index is 13.0. The van der Waals surface area contributed by atoms with E-state index in [1.165, 1.54) is 7.05 Å². The van der Waals surface area contributed by atoms with Crippen molar-refractivity contribution in [2.45, 2.75) is 24.3 Å². The summed E-state index contributed by atoms with van der Waals surface area (Å²) in [5, 5.41) is 2.67. The van der Waals surface area contributed by atoms with E-state index < -0.39 is 21.7 Å². The van der Waals surface area contributed by atoms with Gasteiger partial charge in [-0.25, -0.2) is 12.8 Å². The second-order valence-electron chi connectivity index (χ2n) is 6.81. The van der Waals surface area contributed by atoms with Gasteiger partial charge in [0.2, 0.25) is 21.8 Å². The Hall–Kier alpha value is -2.78. The van der Waals surface area contributed by atoms with Crippen LogP contribution in [0.1, 0.15) is 18.4 Å². The zero-order valence-corrected chi connectivity index (χ0v) is 16.8. The monoisotopic (exact) mass is 419 g/mol. The number of halogens is 1. The highest BCUT2D eigenvalue weighted by atomic mass is 32.2. The summed E-state index contributed by atoms with van der Waals surface area (Å²) >= 11 is 0. The molecule has 0 bridgehead atoms. The Kier molecular flexibility index (Phi) is 6.29. The van der Waals surface area contributed by atoms with Gasteiger partial charge in [0.05, 0.1) is 11.4 Å². The predicted molar refractivity (Wildman–Crippen MR) is 106 cm³/mol. The van der Waals surface area contributed by atoms with Crippen LogP contribution in [-0.2, 0) is 26.2 Å². The van der Waals surface area contributed by atoms with E-state index >= 15 is 0 Å². The molecule has 154 valence electrons. The van der Waals surface area contributed by atoms with Crippen LogP contribution >= 0.6 is 0 Å². The van der Waals surface area contributed by atoms with Gasteiger partial charge in [0, 0.05) is 32.2 Å². The van der Waals surface area contributed by atoms with Crippen molar-refractivity contribution in [2.24, 2.45) is 0 Å². The molecule has 1 aliphatic heterocycles. The molecule has 2 aromatic carbocycles. The molecule has 2 aromatic rings. The molecule has 1 aliphatic rings. The van der Waals surface area contributed by atoms with E-state index in [2.05, 4.69) is 5.32 Å². The highest BCUT2D eigenvalue weighted by Gasteiger charge is 2.23. The van der Waals surface area contributed by atoms with Gasteiger partial charge in [0.25, 0.3) is 0 Å². The SMILES string of the molecule is CN(CC(=O)NCc1ccc(N2CCCC2=O)cc1)S(=O)(=O)c1ccc(F)cc1. The second kappa shape index (κ2) is 8.71. The Balaban J connectivity index is 1.54. The number of amides is 2. The minimum atomic E-state index is -3.89. The van der Waals surface area contributed by atoms with Gasteiger partial charge in [-0.2, -0.15) is 4.31 Å². The average Bonchev–Trinajstić information content (AvgIpc) is 3.13. The smallest absolute Gasteiger partial charge is 0.243 e. The fraction of sp³-hybridized carbons (Fsp3) is 0.300. The molecule has 0 aliphatic carbocycles. The fourth-order valence-electron chi connectivity index (χ4n) is 3.05. The summed E-state index contributed by atoms with van der Waals surface area (Å²) in [7, 11) is -2.59. The Morgan fingerprint density at radius 2 is 1.79 bits per heavy atom. The van der Waals surface area contributed by atoms with E-state index in [4.69, 9.17) is 0 Å². The van der Waals surface area contributed by atoms with Crippen LogP contribution in [0.3, 0.4) is 0 Å². The second-order valence-corrected chi connectivity index (χ2v) is 8.85. The molecule has 1 fully saturated rings. The molecule has 0 spiro atoms. The first-order valence-electron chi connectivity index (χ1n) is 9.15. The normalized spacial score (nSPS) is 14.4. The molecule has 1 saturated heterocycles. The van der Waals surface area contributed by atoms with Crippen molar-refractivity contribution in [3.05, 3.63) is 59.9 Å². The van der Waals surface area contributed by atoms with Crippen molar-refractivity contribution >= 4 is 27.5 Å². The Labute approximate surface area is 169 Å². The van der Waals surface area contributed by atoms with Crippen molar-refractivity contribution < 1.29 is 22.4 Å². The molecule has 2 amide bonds. The van der Waals surface area contributed by atoms with Crippen molar-refractivity contribution in [1.82, 2.24) is 9.62 Å². The van der Waals surface area contributed by atoms with Crippen LogP contribution in [-0.4, -0.2) is 44.7 Å². The van der Waals surface area contributed by atoms with Crippen molar-refractivity contribution in [3.8, 4) is 0 Å². The number of benzene rings is 2. The Morgan fingerprint density at radius 1 is 1.14 bits per heavy atom. The van der Waals surface area contributed by atoms with E-state index in [0.717, 1.165) is 46.2 Å². The van der Waals surface area contributed by atoms with E-state index in [1.54, 1.807) is 4.90 Å². The number of likely N-dealkylation sites (N-methyl/N-ethyl adjacent to an activating group) is 1. The number of carbonyl (C=O) groups excluding carboxylic acids is 2. The summed E-state index contributed by atoms with van der Waals surface area (Å²) in [6.07, 6.45) is 1.41. The van der Waals surface area contributed by atoms with Gasteiger partial charge in [-0.15, -0.1) is 0 Å². The minimum Gasteiger partial charge on any atom is -0.351 e. The summed E-state index contributed by atoms with van der Waals surface area (Å²) in [5.74, 6) is -0.891. The van der Waals surface area contributed by atoms with Crippen molar-refractivity contribution in [3.63, 3.8) is 0 Å². The number of rotatable bonds is 7. The number of carbonyl (C=O) groups is 2. The molecule has 0 saturated carbocycles. The highest BCUT2D eigenvalue weighted by Crippen LogP contribution is 2.21. The molecule has 1 N–H and O–H groups in total. The van der Waals surface area contributed by atoms with Crippen LogP contribution in [0.5, 0.6) is 0 Å². The van der Waals surface area contributed by atoms with Crippen LogP contribution in [0.4, 0.5) is 10.1 Å². The summed E-state index contributed by atoms with van der Waals surface area (Å²) in [6, 6.07) is 11.7. The summed E-state index contributed by atoms with van der Waals surface area (Å²) in [5.41, 5.74) is 1.66. The van der Waals surface area contributed by atoms with E-state index in [0.29, 0.717) is 13.0 Å². The molecule has 29 heavy (non-hydrogen) atoms. The molecule has 9 heteroatoms. The Morgan fingerprint density at radius 3 is 2.38 bits per heavy atom. The van der Waals surface area contributed by atoms with Crippen LogP contribution < -0.4 is 10.2 Å². The predicted octanol–water partition coefficient (Wildman–Crippen LogP) is 1.89. The van der Waals surface area contributed by atoms with Gasteiger partial charge in [0.1, 0.15) is 5.82 Å². The van der Waals surface area contributed by atoms with Gasteiger partial charge in [-0.05, 0) is 48.4 Å². The molecule has 1 heterocycles. The summed E-state index contributed by atoms with van der Waals surface area (Å²) in [6.45, 7) is 0.585.